The van der Waals surface area contributed by atoms with Gasteiger partial charge in [0.25, 0.3) is 0 Å². The van der Waals surface area contributed by atoms with Crippen molar-refractivity contribution in [3.05, 3.63) is 11.3 Å². The minimum atomic E-state index is -0.917. The lowest BCUT2D eigenvalue weighted by Crippen LogP contribution is -2.36. The van der Waals surface area contributed by atoms with E-state index < -0.39 is 5.97 Å². The number of anilines is 1. The number of carboxylic acid groups (broad SMARTS) is 1. The highest BCUT2D eigenvalue weighted by Crippen LogP contribution is 2.38. The van der Waals surface area contributed by atoms with Crippen molar-refractivity contribution in [3.8, 4) is 0 Å². The number of hydrogen-bond acceptors (Lipinski definition) is 4. The number of nitrogens with zero attached hydrogens (tertiary/aromatic N) is 2. The topological polar surface area (TPSA) is 67.2 Å². The largest absolute Gasteiger partial charge is 0.477 e. The molecule has 0 saturated heterocycles. The minimum absolute atomic E-state index is 0.228. The summed E-state index contributed by atoms with van der Waals surface area (Å²) in [6, 6.07) is 0. The molecule has 2 N–H and O–H groups in total. The van der Waals surface area contributed by atoms with Gasteiger partial charge in [-0.3, -0.25) is 4.68 Å². The summed E-state index contributed by atoms with van der Waals surface area (Å²) in [7, 11) is 1.79. The molecule has 1 aliphatic carbocycles. The Morgan fingerprint density at radius 2 is 2.10 bits per heavy atom. The molecule has 1 saturated carbocycles. The molecule has 0 aliphatic heterocycles. The lowest BCUT2D eigenvalue weighted by Gasteiger charge is -2.36. The summed E-state index contributed by atoms with van der Waals surface area (Å²) in [4.78, 5) is 11.4. The van der Waals surface area contributed by atoms with Crippen LogP contribution in [0, 0.1) is 6.92 Å². The first-order chi connectivity index (χ1) is 9.49. The molecule has 5 nitrogen and oxygen atoms in total. The molecule has 0 spiro atoms. The molecule has 0 radical (unpaired) electrons. The van der Waals surface area contributed by atoms with Gasteiger partial charge in [-0.15, -0.1) is 0 Å². The molecule has 2 rings (SSSR count). The average Bonchev–Trinajstić information content (AvgIpc) is 2.72. The van der Waals surface area contributed by atoms with Crippen LogP contribution in [0.25, 0.3) is 0 Å². The number of aromatic carboxylic acids is 1. The fourth-order valence-corrected chi connectivity index (χ4v) is 3.92. The molecule has 1 heterocycles. The predicted octanol–water partition coefficient (Wildman–Crippen LogP) is 2.90. The number of aromatic nitrogens is 2. The summed E-state index contributed by atoms with van der Waals surface area (Å²) in [6.07, 6.45) is 8.38. The third kappa shape index (κ3) is 2.95. The lowest BCUT2D eigenvalue weighted by atomic mass is 9.88. The van der Waals surface area contributed by atoms with Gasteiger partial charge in [-0.1, -0.05) is 19.3 Å². The number of rotatable bonds is 5. The van der Waals surface area contributed by atoms with Crippen LogP contribution in [0.4, 0.5) is 5.82 Å². The van der Waals surface area contributed by atoms with Gasteiger partial charge in [0.05, 0.1) is 5.69 Å². The third-order valence-corrected chi connectivity index (χ3v) is 5.63. The fraction of sp³-hybridized carbons (Fsp3) is 0.714. The van der Waals surface area contributed by atoms with E-state index >= 15 is 0 Å². The van der Waals surface area contributed by atoms with Gasteiger partial charge in [0.2, 0.25) is 0 Å². The van der Waals surface area contributed by atoms with E-state index in [2.05, 4.69) is 16.7 Å². The Morgan fingerprint density at radius 1 is 1.45 bits per heavy atom. The zero-order chi connectivity index (χ0) is 14.8. The monoisotopic (exact) mass is 297 g/mol. The van der Waals surface area contributed by atoms with Crippen LogP contribution in [-0.4, -0.2) is 38.4 Å². The Morgan fingerprint density at radius 3 is 2.65 bits per heavy atom. The van der Waals surface area contributed by atoms with Crippen LogP contribution in [0.3, 0.4) is 0 Å². The number of nitrogens with one attached hydrogen (secondary N) is 1. The van der Waals surface area contributed by atoms with Crippen LogP contribution >= 0.6 is 11.8 Å². The summed E-state index contributed by atoms with van der Waals surface area (Å²) in [5, 5.41) is 16.9. The summed E-state index contributed by atoms with van der Waals surface area (Å²) in [5.41, 5.74) is 0.851. The Labute approximate surface area is 124 Å². The zero-order valence-corrected chi connectivity index (χ0v) is 13.2. The average molecular weight is 297 g/mol. The smallest absolute Gasteiger partial charge is 0.341 e. The van der Waals surface area contributed by atoms with Gasteiger partial charge in [0.15, 0.2) is 0 Å². The maximum absolute atomic E-state index is 11.4. The normalized spacial score (nSPS) is 17.9. The van der Waals surface area contributed by atoms with Crippen molar-refractivity contribution in [2.75, 3.05) is 18.1 Å². The quantitative estimate of drug-likeness (QED) is 0.874. The molecule has 1 aromatic rings. The molecular weight excluding hydrogens is 274 g/mol. The molecule has 1 fully saturated rings. The lowest BCUT2D eigenvalue weighted by molar-refractivity contribution is 0.0697. The van der Waals surface area contributed by atoms with Gasteiger partial charge >= 0.3 is 5.97 Å². The highest BCUT2D eigenvalue weighted by molar-refractivity contribution is 8.00. The molecule has 6 heteroatoms. The first kappa shape index (κ1) is 15.2. The highest BCUT2D eigenvalue weighted by atomic mass is 32.2. The second-order valence-corrected chi connectivity index (χ2v) is 6.81. The van der Waals surface area contributed by atoms with E-state index in [1.807, 2.05) is 11.8 Å². The molecular formula is C14H23N3O2S. The van der Waals surface area contributed by atoms with Crippen molar-refractivity contribution in [2.24, 2.45) is 7.05 Å². The Bertz CT molecular complexity index is 493. The van der Waals surface area contributed by atoms with Gasteiger partial charge in [0, 0.05) is 18.3 Å². The number of aryl methyl sites for hydroxylation is 2. The summed E-state index contributed by atoms with van der Waals surface area (Å²) < 4.78 is 1.86. The van der Waals surface area contributed by atoms with Gasteiger partial charge in [-0.2, -0.15) is 16.9 Å². The fourth-order valence-electron chi connectivity index (χ4n) is 3.01. The number of hydrogen-bond donors (Lipinski definition) is 2. The first-order valence-corrected chi connectivity index (χ1v) is 8.27. The van der Waals surface area contributed by atoms with E-state index in [1.165, 1.54) is 32.1 Å². The number of thioether (sulfide) groups is 1. The van der Waals surface area contributed by atoms with Crippen molar-refractivity contribution < 1.29 is 9.90 Å². The Hall–Kier alpha value is -1.17. The maximum atomic E-state index is 11.4. The van der Waals surface area contributed by atoms with E-state index in [4.69, 9.17) is 0 Å². The summed E-state index contributed by atoms with van der Waals surface area (Å²) in [6.45, 7) is 2.53. The van der Waals surface area contributed by atoms with Gasteiger partial charge in [0.1, 0.15) is 11.4 Å². The first-order valence-electron chi connectivity index (χ1n) is 7.05. The van der Waals surface area contributed by atoms with E-state index in [0.717, 1.165) is 6.54 Å². The molecule has 0 bridgehead atoms. The van der Waals surface area contributed by atoms with Gasteiger partial charge in [-0.05, 0) is 26.0 Å². The molecule has 0 unspecified atom stereocenters. The summed E-state index contributed by atoms with van der Waals surface area (Å²) >= 11 is 1.90. The number of carboxylic acids is 1. The second kappa shape index (κ2) is 6.08. The zero-order valence-electron chi connectivity index (χ0n) is 12.4. The van der Waals surface area contributed by atoms with Gasteiger partial charge in [-0.25, -0.2) is 4.79 Å². The number of carbonyl (C=O) groups is 1. The van der Waals surface area contributed by atoms with Crippen LogP contribution in [-0.2, 0) is 7.05 Å². The molecule has 20 heavy (non-hydrogen) atoms. The van der Waals surface area contributed by atoms with Crippen molar-refractivity contribution >= 4 is 23.5 Å². The predicted molar refractivity (Wildman–Crippen MR) is 82.7 cm³/mol. The van der Waals surface area contributed by atoms with Crippen molar-refractivity contribution in [1.29, 1.82) is 0 Å². The maximum Gasteiger partial charge on any atom is 0.341 e. The van der Waals surface area contributed by atoms with Crippen LogP contribution in [0.5, 0.6) is 0 Å². The van der Waals surface area contributed by atoms with Crippen molar-refractivity contribution in [3.63, 3.8) is 0 Å². The van der Waals surface area contributed by atoms with E-state index in [1.54, 1.807) is 18.7 Å². The Balaban J connectivity index is 2.16. The molecule has 1 aromatic heterocycles. The second-order valence-electron chi connectivity index (χ2n) is 5.54. The van der Waals surface area contributed by atoms with E-state index in [0.29, 0.717) is 17.1 Å². The van der Waals surface area contributed by atoms with Crippen molar-refractivity contribution in [1.82, 2.24) is 9.78 Å². The third-order valence-electron chi connectivity index (χ3n) is 4.21. The van der Waals surface area contributed by atoms with Crippen LogP contribution in [0.1, 0.15) is 48.2 Å². The Kier molecular flexibility index (Phi) is 4.62. The van der Waals surface area contributed by atoms with E-state index in [9.17, 15) is 9.90 Å². The van der Waals surface area contributed by atoms with Gasteiger partial charge < -0.3 is 10.4 Å². The van der Waals surface area contributed by atoms with Crippen LogP contribution in [0.2, 0.25) is 0 Å². The molecule has 0 amide bonds. The molecule has 112 valence electrons. The minimum Gasteiger partial charge on any atom is -0.477 e. The van der Waals surface area contributed by atoms with Crippen molar-refractivity contribution in [2.45, 2.75) is 43.8 Å². The van der Waals surface area contributed by atoms with E-state index in [-0.39, 0.29) is 4.75 Å². The molecule has 0 atom stereocenters. The van der Waals surface area contributed by atoms with Crippen LogP contribution in [0.15, 0.2) is 0 Å². The van der Waals surface area contributed by atoms with Crippen LogP contribution < -0.4 is 5.32 Å². The highest BCUT2D eigenvalue weighted by Gasteiger charge is 2.32. The standard InChI is InChI=1S/C14H23N3O2S/c1-10-11(13(18)19)12(17(2)16-10)15-9-14(20-3)7-5-4-6-8-14/h15H,4-9H2,1-3H3,(H,18,19). The molecule has 1 aliphatic rings. The molecule has 0 aromatic carbocycles. The summed E-state index contributed by atoms with van der Waals surface area (Å²) in [5.74, 6) is -0.297. The SMILES string of the molecule is CSC1(CNc2c(C(=O)O)c(C)nn2C)CCCCC1.